The largest absolute Gasteiger partial charge is 0.490 e. The van der Waals surface area contributed by atoms with E-state index in [1.54, 1.807) is 23.0 Å². The van der Waals surface area contributed by atoms with E-state index in [9.17, 15) is 39.9 Å². The zero-order valence-corrected chi connectivity index (χ0v) is 20.0. The standard InChI is InChI=1S/C19H18F2N4O.2C2HF3O2/c20-19(21)8-4-14(5-9-19)23-18(26)17-24-16(13-6-10-22-11-7-13)15-3-1-2-12-25(15)17;2*3-2(4,5)1(6)7/h1-3,6-7,10-12,14H,4-5,8-9H2,(H,23,26);2*(H,6,7). The quantitative estimate of drug-likeness (QED) is 0.370. The Balaban J connectivity index is 0.000000333. The number of nitrogens with one attached hydrogen (secondary N) is 1. The third-order valence-corrected chi connectivity index (χ3v) is 5.24. The van der Waals surface area contributed by atoms with E-state index in [-0.39, 0.29) is 43.5 Å². The summed E-state index contributed by atoms with van der Waals surface area (Å²) in [5.41, 5.74) is 2.35. The minimum absolute atomic E-state index is 0.192. The van der Waals surface area contributed by atoms with Crippen molar-refractivity contribution in [3.63, 3.8) is 0 Å². The molecule has 0 radical (unpaired) electrons. The van der Waals surface area contributed by atoms with Gasteiger partial charge >= 0.3 is 24.3 Å². The van der Waals surface area contributed by atoms with Crippen LogP contribution in [0.25, 0.3) is 16.8 Å². The number of carboxylic acid groups (broad SMARTS) is 2. The number of aromatic nitrogens is 3. The van der Waals surface area contributed by atoms with Crippen LogP contribution in [0.4, 0.5) is 35.1 Å². The van der Waals surface area contributed by atoms with Gasteiger partial charge in [0, 0.05) is 43.0 Å². The van der Waals surface area contributed by atoms with Crippen LogP contribution < -0.4 is 5.32 Å². The molecule has 218 valence electrons. The van der Waals surface area contributed by atoms with Gasteiger partial charge in [0.25, 0.3) is 5.91 Å². The van der Waals surface area contributed by atoms with Gasteiger partial charge in [-0.15, -0.1) is 0 Å². The molecule has 0 spiro atoms. The summed E-state index contributed by atoms with van der Waals surface area (Å²) in [4.78, 5) is 39.1. The van der Waals surface area contributed by atoms with Crippen LogP contribution in [-0.4, -0.2) is 66.7 Å². The number of carboxylic acids is 2. The van der Waals surface area contributed by atoms with Gasteiger partial charge in [-0.3, -0.25) is 14.2 Å². The molecule has 4 rings (SSSR count). The molecule has 0 unspecified atom stereocenters. The first-order valence-electron chi connectivity index (χ1n) is 11.1. The van der Waals surface area contributed by atoms with Crippen molar-refractivity contribution in [1.82, 2.24) is 19.7 Å². The molecule has 0 saturated heterocycles. The van der Waals surface area contributed by atoms with Gasteiger partial charge in [0.15, 0.2) is 0 Å². The minimum Gasteiger partial charge on any atom is -0.475 e. The molecule has 3 N–H and O–H groups in total. The molecule has 9 nitrogen and oxygen atoms in total. The van der Waals surface area contributed by atoms with E-state index < -0.39 is 30.2 Å². The molecule has 3 aromatic heterocycles. The van der Waals surface area contributed by atoms with Crippen molar-refractivity contribution >= 4 is 23.4 Å². The SMILES string of the molecule is O=C(NC1CCC(F)(F)CC1)c1nc(-c2ccncc2)c2ccccn12.O=C(O)C(F)(F)F.O=C(O)C(F)(F)F. The maximum Gasteiger partial charge on any atom is 0.490 e. The number of hydrogen-bond donors (Lipinski definition) is 3. The van der Waals surface area contributed by atoms with E-state index in [4.69, 9.17) is 19.8 Å². The molecule has 1 aliphatic rings. The second-order valence-corrected chi connectivity index (χ2v) is 8.19. The minimum atomic E-state index is -5.08. The Morgan fingerprint density at radius 3 is 1.88 bits per heavy atom. The first-order chi connectivity index (χ1) is 18.4. The predicted octanol–water partition coefficient (Wildman–Crippen LogP) is 4.97. The molecule has 40 heavy (non-hydrogen) atoms. The van der Waals surface area contributed by atoms with Crippen LogP contribution in [-0.2, 0) is 9.59 Å². The Morgan fingerprint density at radius 1 is 0.900 bits per heavy atom. The summed E-state index contributed by atoms with van der Waals surface area (Å²) < 4.78 is 91.8. The Labute approximate surface area is 219 Å². The molecule has 0 bridgehead atoms. The molecule has 17 heteroatoms. The van der Waals surface area contributed by atoms with Crippen molar-refractivity contribution in [2.75, 3.05) is 0 Å². The molecule has 0 aliphatic heterocycles. The molecule has 0 atom stereocenters. The monoisotopic (exact) mass is 584 g/mol. The molecule has 1 fully saturated rings. The Kier molecular flexibility index (Phi) is 10.1. The Hall–Kier alpha value is -4.31. The van der Waals surface area contributed by atoms with Gasteiger partial charge in [-0.05, 0) is 37.1 Å². The number of carbonyl (C=O) groups excluding carboxylic acids is 1. The first-order valence-corrected chi connectivity index (χ1v) is 11.1. The fourth-order valence-corrected chi connectivity index (χ4v) is 3.35. The van der Waals surface area contributed by atoms with Crippen LogP contribution in [0.3, 0.4) is 0 Å². The summed E-state index contributed by atoms with van der Waals surface area (Å²) in [5, 5.41) is 17.1. The van der Waals surface area contributed by atoms with Gasteiger partial charge in [-0.1, -0.05) is 6.07 Å². The van der Waals surface area contributed by atoms with E-state index in [0.29, 0.717) is 5.69 Å². The van der Waals surface area contributed by atoms with Crippen molar-refractivity contribution in [2.24, 2.45) is 0 Å². The summed E-state index contributed by atoms with van der Waals surface area (Å²) in [5.74, 6) is -8.22. The number of carbonyl (C=O) groups is 3. The van der Waals surface area contributed by atoms with E-state index in [1.807, 2.05) is 30.3 Å². The number of pyridine rings is 2. The average molecular weight is 584 g/mol. The number of aliphatic carboxylic acids is 2. The van der Waals surface area contributed by atoms with Crippen LogP contribution in [0.2, 0.25) is 0 Å². The summed E-state index contributed by atoms with van der Waals surface area (Å²) in [7, 11) is 0. The van der Waals surface area contributed by atoms with Crippen LogP contribution in [0.15, 0.2) is 48.9 Å². The van der Waals surface area contributed by atoms with Crippen molar-refractivity contribution in [1.29, 1.82) is 0 Å². The zero-order valence-electron chi connectivity index (χ0n) is 20.0. The summed E-state index contributed by atoms with van der Waals surface area (Å²) in [6.07, 6.45) is -4.88. The van der Waals surface area contributed by atoms with Gasteiger partial charge in [-0.25, -0.2) is 23.4 Å². The predicted molar refractivity (Wildman–Crippen MR) is 120 cm³/mol. The van der Waals surface area contributed by atoms with Crippen LogP contribution in [0.5, 0.6) is 0 Å². The number of nitrogens with zero attached hydrogens (tertiary/aromatic N) is 3. The molecule has 0 aromatic carbocycles. The highest BCUT2D eigenvalue weighted by Crippen LogP contribution is 2.33. The zero-order chi connectivity index (χ0) is 30.3. The first kappa shape index (κ1) is 31.9. The van der Waals surface area contributed by atoms with E-state index in [1.165, 1.54) is 0 Å². The van der Waals surface area contributed by atoms with E-state index >= 15 is 0 Å². The smallest absolute Gasteiger partial charge is 0.475 e. The van der Waals surface area contributed by atoms with Gasteiger partial charge in [-0.2, -0.15) is 26.3 Å². The van der Waals surface area contributed by atoms with Crippen LogP contribution >= 0.6 is 0 Å². The third kappa shape index (κ3) is 9.16. The number of halogens is 8. The van der Waals surface area contributed by atoms with Crippen molar-refractivity contribution in [2.45, 2.75) is 50.0 Å². The number of fused-ring (bicyclic) bond motifs is 1. The van der Waals surface area contributed by atoms with Crippen molar-refractivity contribution < 1.29 is 59.7 Å². The average Bonchev–Trinajstić information content (AvgIpc) is 3.25. The highest BCUT2D eigenvalue weighted by atomic mass is 19.4. The lowest BCUT2D eigenvalue weighted by atomic mass is 9.92. The fraction of sp³-hybridized carbons (Fsp3) is 0.348. The highest BCUT2D eigenvalue weighted by molar-refractivity contribution is 5.94. The highest BCUT2D eigenvalue weighted by Gasteiger charge is 2.39. The molecular weight excluding hydrogens is 564 g/mol. The maximum atomic E-state index is 13.3. The van der Waals surface area contributed by atoms with Gasteiger partial charge in [0.1, 0.15) is 0 Å². The molecule has 1 amide bonds. The molecular formula is C23H20F8N4O5. The van der Waals surface area contributed by atoms with Crippen LogP contribution in [0, 0.1) is 0 Å². The van der Waals surface area contributed by atoms with Gasteiger partial charge in [0.2, 0.25) is 11.7 Å². The van der Waals surface area contributed by atoms with Crippen molar-refractivity contribution in [3.8, 4) is 11.3 Å². The number of amides is 1. The number of hydrogen-bond acceptors (Lipinski definition) is 5. The number of rotatable bonds is 3. The summed E-state index contributed by atoms with van der Waals surface area (Å²) in [6.45, 7) is 0. The van der Waals surface area contributed by atoms with Gasteiger partial charge in [0.05, 0.1) is 11.2 Å². The fourth-order valence-electron chi connectivity index (χ4n) is 3.35. The molecule has 1 saturated carbocycles. The van der Waals surface area contributed by atoms with Gasteiger partial charge < -0.3 is 15.5 Å². The number of alkyl halides is 8. The topological polar surface area (TPSA) is 134 Å². The Morgan fingerprint density at radius 2 is 1.40 bits per heavy atom. The van der Waals surface area contributed by atoms with Crippen LogP contribution in [0.1, 0.15) is 36.3 Å². The lowest BCUT2D eigenvalue weighted by molar-refractivity contribution is -0.193. The van der Waals surface area contributed by atoms with E-state index in [0.717, 1.165) is 11.1 Å². The second kappa shape index (κ2) is 12.7. The summed E-state index contributed by atoms with van der Waals surface area (Å²) in [6, 6.07) is 9.01. The molecule has 1 aliphatic carbocycles. The summed E-state index contributed by atoms with van der Waals surface area (Å²) >= 11 is 0. The molecule has 3 aromatic rings. The normalized spacial score (nSPS) is 15.2. The van der Waals surface area contributed by atoms with E-state index in [2.05, 4.69) is 15.3 Å². The molecule has 3 heterocycles. The Bertz CT molecular complexity index is 1290. The lowest BCUT2D eigenvalue weighted by Crippen LogP contribution is -2.40. The lowest BCUT2D eigenvalue weighted by Gasteiger charge is -2.28. The van der Waals surface area contributed by atoms with Crippen molar-refractivity contribution in [3.05, 3.63) is 54.7 Å². The second-order valence-electron chi connectivity index (χ2n) is 8.19. The number of imidazole rings is 1. The third-order valence-electron chi connectivity index (χ3n) is 5.24. The maximum absolute atomic E-state index is 13.3.